The molecule has 0 saturated carbocycles. The molecule has 0 heterocycles. The molecule has 0 aliphatic carbocycles. The maximum Gasteiger partial charge on any atom is 0.175 e. The number of benzene rings is 3. The predicted molar refractivity (Wildman–Crippen MR) is 123 cm³/mol. The zero-order valence-electron chi connectivity index (χ0n) is 15.6. The lowest BCUT2D eigenvalue weighted by Crippen LogP contribution is -2.05. The first-order chi connectivity index (χ1) is 14.0. The van der Waals surface area contributed by atoms with E-state index in [-0.39, 0.29) is 6.61 Å². The summed E-state index contributed by atoms with van der Waals surface area (Å²) in [6.07, 6.45) is 0. The van der Waals surface area contributed by atoms with Gasteiger partial charge in [0, 0.05) is 22.3 Å². The fraction of sp³-hybridized carbons (Fsp3) is 0.182. The summed E-state index contributed by atoms with van der Waals surface area (Å²) >= 11 is 13.1. The van der Waals surface area contributed by atoms with Crippen LogP contribution in [0.15, 0.2) is 63.5 Å². The van der Waals surface area contributed by atoms with Crippen molar-refractivity contribution in [2.75, 3.05) is 11.9 Å². The zero-order chi connectivity index (χ0) is 20.8. The highest BCUT2D eigenvalue weighted by Gasteiger charge is 2.15. The van der Waals surface area contributed by atoms with Gasteiger partial charge in [-0.1, -0.05) is 33.6 Å². The Bertz CT molecular complexity index is 963. The van der Waals surface area contributed by atoms with Crippen molar-refractivity contribution in [3.8, 4) is 11.5 Å². The number of rotatable bonds is 8. The van der Waals surface area contributed by atoms with Crippen LogP contribution in [-0.4, -0.2) is 6.61 Å². The monoisotopic (exact) mass is 541 g/mol. The van der Waals surface area contributed by atoms with E-state index in [2.05, 4.69) is 37.2 Å². The van der Waals surface area contributed by atoms with Gasteiger partial charge in [0.2, 0.25) is 0 Å². The summed E-state index contributed by atoms with van der Waals surface area (Å²) in [4.78, 5) is 0. The quantitative estimate of drug-likeness (QED) is 0.318. The molecule has 3 aromatic carbocycles. The lowest BCUT2D eigenvalue weighted by Gasteiger charge is -2.17. The number of ether oxygens (including phenoxy) is 2. The van der Waals surface area contributed by atoms with Gasteiger partial charge in [-0.3, -0.25) is 0 Å². The van der Waals surface area contributed by atoms with Crippen LogP contribution in [0, 0.1) is 5.82 Å². The highest BCUT2D eigenvalue weighted by atomic mass is 79.9. The molecule has 0 unspecified atom stereocenters. The van der Waals surface area contributed by atoms with Gasteiger partial charge in [0.25, 0.3) is 0 Å². The molecule has 0 amide bonds. The van der Waals surface area contributed by atoms with Crippen LogP contribution >= 0.6 is 43.5 Å². The van der Waals surface area contributed by atoms with Gasteiger partial charge in [-0.15, -0.1) is 0 Å². The van der Waals surface area contributed by atoms with Crippen LogP contribution in [-0.2, 0) is 13.2 Å². The Hall–Kier alpha value is -1.76. The molecule has 0 spiro atoms. The Labute approximate surface area is 191 Å². The van der Waals surface area contributed by atoms with Crippen molar-refractivity contribution in [3.63, 3.8) is 0 Å². The van der Waals surface area contributed by atoms with Gasteiger partial charge in [0.1, 0.15) is 12.4 Å². The average Bonchev–Trinajstić information content (AvgIpc) is 2.69. The number of hydrogen-bond donors (Lipinski definition) is 1. The number of halogens is 4. The molecule has 1 N–H and O–H groups in total. The van der Waals surface area contributed by atoms with Crippen LogP contribution in [0.2, 0.25) is 5.02 Å². The molecular formula is C22H19Br2ClFNO2. The minimum Gasteiger partial charge on any atom is -0.490 e. The van der Waals surface area contributed by atoms with Gasteiger partial charge in [-0.05, 0) is 76.9 Å². The van der Waals surface area contributed by atoms with E-state index >= 15 is 0 Å². The Balaban J connectivity index is 1.77. The standard InChI is InChI=1S/C22H19Br2ClFNO2/c1-2-28-21-11-14(12-27-16-8-6-15(23)7-9-16)10-18(24)22(21)29-13-17-19(25)4-3-5-20(17)26/h3-11,27H,2,12-13H2,1H3. The number of nitrogens with one attached hydrogen (secondary N) is 1. The van der Waals surface area contributed by atoms with Crippen molar-refractivity contribution in [2.24, 2.45) is 0 Å². The summed E-state index contributed by atoms with van der Waals surface area (Å²) in [5.41, 5.74) is 2.33. The topological polar surface area (TPSA) is 30.5 Å². The maximum absolute atomic E-state index is 14.0. The van der Waals surface area contributed by atoms with Crippen LogP contribution in [0.4, 0.5) is 10.1 Å². The first kappa shape index (κ1) is 21.9. The van der Waals surface area contributed by atoms with Gasteiger partial charge in [0.15, 0.2) is 11.5 Å². The Morgan fingerprint density at radius 2 is 1.79 bits per heavy atom. The van der Waals surface area contributed by atoms with E-state index in [1.54, 1.807) is 12.1 Å². The number of anilines is 1. The smallest absolute Gasteiger partial charge is 0.175 e. The van der Waals surface area contributed by atoms with E-state index in [9.17, 15) is 4.39 Å². The van der Waals surface area contributed by atoms with Crippen molar-refractivity contribution in [1.29, 1.82) is 0 Å². The molecule has 0 atom stereocenters. The molecule has 0 fully saturated rings. The summed E-state index contributed by atoms with van der Waals surface area (Å²) in [6, 6.07) is 16.4. The van der Waals surface area contributed by atoms with Gasteiger partial charge in [-0.25, -0.2) is 4.39 Å². The molecule has 3 rings (SSSR count). The molecule has 0 aliphatic heterocycles. The van der Waals surface area contributed by atoms with Crippen LogP contribution in [0.1, 0.15) is 18.1 Å². The molecule has 3 nitrogen and oxygen atoms in total. The third-order valence-corrected chi connectivity index (χ3v) is 5.60. The molecule has 3 aromatic rings. The van der Waals surface area contributed by atoms with E-state index < -0.39 is 5.82 Å². The first-order valence-electron chi connectivity index (χ1n) is 8.98. The van der Waals surface area contributed by atoms with Gasteiger partial charge in [-0.2, -0.15) is 0 Å². The van der Waals surface area contributed by atoms with E-state index in [0.717, 1.165) is 20.2 Å². The molecule has 152 valence electrons. The van der Waals surface area contributed by atoms with E-state index in [1.165, 1.54) is 6.07 Å². The molecule has 0 saturated heterocycles. The zero-order valence-corrected chi connectivity index (χ0v) is 19.6. The average molecular weight is 544 g/mol. The second-order valence-corrected chi connectivity index (χ2v) is 8.36. The second kappa shape index (κ2) is 10.3. The van der Waals surface area contributed by atoms with E-state index in [4.69, 9.17) is 21.1 Å². The summed E-state index contributed by atoms with van der Waals surface area (Å²) in [5, 5.41) is 3.70. The summed E-state index contributed by atoms with van der Waals surface area (Å²) < 4.78 is 27.4. The Morgan fingerprint density at radius 1 is 1.03 bits per heavy atom. The van der Waals surface area contributed by atoms with Crippen LogP contribution in [0.5, 0.6) is 11.5 Å². The lowest BCUT2D eigenvalue weighted by molar-refractivity contribution is 0.264. The third-order valence-electron chi connectivity index (χ3n) is 4.13. The molecule has 0 aliphatic rings. The molecule has 0 bridgehead atoms. The Morgan fingerprint density at radius 3 is 2.48 bits per heavy atom. The third kappa shape index (κ3) is 5.87. The second-order valence-electron chi connectivity index (χ2n) is 6.19. The largest absolute Gasteiger partial charge is 0.490 e. The van der Waals surface area contributed by atoms with Crippen molar-refractivity contribution in [2.45, 2.75) is 20.1 Å². The van der Waals surface area contributed by atoms with Crippen molar-refractivity contribution in [3.05, 3.63) is 85.5 Å². The molecule has 7 heteroatoms. The molecule has 29 heavy (non-hydrogen) atoms. The number of hydrogen-bond acceptors (Lipinski definition) is 3. The molecular weight excluding hydrogens is 525 g/mol. The fourth-order valence-corrected chi connectivity index (χ4v) is 3.80. The van der Waals surface area contributed by atoms with Gasteiger partial charge < -0.3 is 14.8 Å². The Kier molecular flexibility index (Phi) is 7.81. The maximum atomic E-state index is 14.0. The summed E-state index contributed by atoms with van der Waals surface area (Å²) in [7, 11) is 0. The van der Waals surface area contributed by atoms with E-state index in [1.807, 2.05) is 43.3 Å². The minimum atomic E-state index is -0.401. The van der Waals surface area contributed by atoms with Crippen LogP contribution < -0.4 is 14.8 Å². The first-order valence-corrected chi connectivity index (χ1v) is 10.9. The minimum absolute atomic E-state index is 0.000665. The SMILES string of the molecule is CCOc1cc(CNc2ccc(Br)cc2)cc(Br)c1OCc1c(F)cccc1Cl. The highest BCUT2D eigenvalue weighted by Crippen LogP contribution is 2.38. The van der Waals surface area contributed by atoms with E-state index in [0.29, 0.717) is 35.2 Å². The fourth-order valence-electron chi connectivity index (χ4n) is 2.71. The van der Waals surface area contributed by atoms with Crippen LogP contribution in [0.3, 0.4) is 0 Å². The van der Waals surface area contributed by atoms with Crippen LogP contribution in [0.25, 0.3) is 0 Å². The van der Waals surface area contributed by atoms with Gasteiger partial charge in [0.05, 0.1) is 16.1 Å². The van der Waals surface area contributed by atoms with Crippen molar-refractivity contribution >= 4 is 49.1 Å². The molecule has 0 aromatic heterocycles. The molecule has 0 radical (unpaired) electrons. The van der Waals surface area contributed by atoms with Gasteiger partial charge >= 0.3 is 0 Å². The normalized spacial score (nSPS) is 10.7. The van der Waals surface area contributed by atoms with Crippen molar-refractivity contribution in [1.82, 2.24) is 0 Å². The predicted octanol–water partition coefficient (Wildman–Crippen LogP) is 7.59. The lowest BCUT2D eigenvalue weighted by atomic mass is 10.2. The summed E-state index contributed by atoms with van der Waals surface area (Å²) in [6.45, 7) is 2.99. The highest BCUT2D eigenvalue weighted by molar-refractivity contribution is 9.10. The summed E-state index contributed by atoms with van der Waals surface area (Å²) in [5.74, 6) is 0.697. The van der Waals surface area contributed by atoms with Crippen molar-refractivity contribution < 1.29 is 13.9 Å².